The number of aromatic nitrogens is 6. The van der Waals surface area contributed by atoms with E-state index < -0.39 is 0 Å². The molecule has 34 rings (SSSR count). The molecular formula is C129H72N6SSe2. The molecule has 138 heavy (non-hydrogen) atoms. The van der Waals surface area contributed by atoms with E-state index in [1.165, 1.54) is 295 Å². The number of para-hydroxylation sites is 3. The second-order valence-electron chi connectivity index (χ2n) is 37.6. The molecule has 9 aromatic heterocycles. The molecule has 4 aliphatic rings. The Morgan fingerprint density at radius 3 is 1.11 bits per heavy atom. The molecule has 30 aromatic rings. The number of rotatable bonds is 3. The average Bonchev–Trinajstić information content (AvgIpc) is 1.50. The molecular weight excluding hydrogens is 1820 g/mol. The van der Waals surface area contributed by atoms with E-state index in [-0.39, 0.29) is 39.8 Å². The van der Waals surface area contributed by atoms with Gasteiger partial charge in [-0.15, -0.1) is 11.3 Å². The van der Waals surface area contributed by atoms with Crippen LogP contribution in [0.3, 0.4) is 0 Å². The van der Waals surface area contributed by atoms with Crippen LogP contribution in [0.2, 0.25) is 0 Å². The summed E-state index contributed by atoms with van der Waals surface area (Å²) >= 11 is 2.30. The third-order valence-corrected chi connectivity index (χ3v) is 37.6. The number of hydrogen-bond acceptors (Lipinski definition) is 4. The Kier molecular flexibility index (Phi) is 15.5. The average molecular weight is 1900 g/mol. The normalized spacial score (nSPS) is 13.5. The molecule has 0 atom stereocenters. The predicted molar refractivity (Wildman–Crippen MR) is 581 cm³/mol. The zero-order valence-electron chi connectivity index (χ0n) is 74.0. The Balaban J connectivity index is 0.0000000947. The third-order valence-electron chi connectivity index (χ3n) is 31.4. The Morgan fingerprint density at radius 2 is 0.587 bits per heavy atom. The van der Waals surface area contributed by atoms with Crippen molar-refractivity contribution < 1.29 is 0 Å². The molecule has 0 fully saturated rings. The van der Waals surface area contributed by atoms with E-state index in [4.69, 9.17) is 0 Å². The van der Waals surface area contributed by atoms with Gasteiger partial charge in [-0.3, -0.25) is 4.98 Å². The molecule has 0 bridgehead atoms. The zero-order chi connectivity index (χ0) is 89.6. The second-order valence-corrected chi connectivity index (χ2v) is 43.0. The van der Waals surface area contributed by atoms with E-state index in [1.807, 2.05) is 29.9 Å². The van der Waals surface area contributed by atoms with Crippen LogP contribution in [0, 0.1) is 0 Å². The molecule has 0 saturated carbocycles. The van der Waals surface area contributed by atoms with Crippen LogP contribution in [-0.4, -0.2) is 57.7 Å². The Labute approximate surface area is 805 Å². The van der Waals surface area contributed by atoms with Gasteiger partial charge in [0.25, 0.3) is 0 Å². The number of hydrogen-bond donors (Lipinski definition) is 0. The fourth-order valence-electron chi connectivity index (χ4n) is 26.2. The summed E-state index contributed by atoms with van der Waals surface area (Å²) in [5.41, 5.74) is 32.0. The topological polar surface area (TPSA) is 53.5 Å². The molecule has 0 aliphatic heterocycles. The molecule has 0 saturated heterocycles. The van der Waals surface area contributed by atoms with E-state index in [0.717, 1.165) is 0 Å². The van der Waals surface area contributed by atoms with Gasteiger partial charge in [-0.2, -0.15) is 0 Å². The van der Waals surface area contributed by atoms with Gasteiger partial charge in [0, 0.05) is 54.4 Å². The first-order valence-electron chi connectivity index (χ1n) is 47.4. The summed E-state index contributed by atoms with van der Waals surface area (Å²) in [6.07, 6.45) is 12.1. The van der Waals surface area contributed by atoms with Gasteiger partial charge >= 0.3 is 525 Å². The van der Waals surface area contributed by atoms with Gasteiger partial charge in [-0.1, -0.05) is 115 Å². The first kappa shape index (κ1) is 75.9. The van der Waals surface area contributed by atoms with Crippen molar-refractivity contribution in [2.24, 2.45) is 0 Å². The number of pyridine rings is 3. The van der Waals surface area contributed by atoms with Gasteiger partial charge in [0.05, 0.1) is 16.4 Å². The van der Waals surface area contributed by atoms with E-state index in [9.17, 15) is 0 Å². The Hall–Kier alpha value is -16.5. The Bertz CT molecular complexity index is 10600. The van der Waals surface area contributed by atoms with E-state index in [2.05, 4.69) is 448 Å². The van der Waals surface area contributed by atoms with E-state index in [0.29, 0.717) is 0 Å². The van der Waals surface area contributed by atoms with Crippen molar-refractivity contribution in [3.05, 3.63) is 482 Å². The van der Waals surface area contributed by atoms with Crippen LogP contribution in [0.15, 0.2) is 438 Å². The van der Waals surface area contributed by atoms with Gasteiger partial charge < -0.3 is 4.57 Å². The summed E-state index contributed by atoms with van der Waals surface area (Å²) in [5, 5.41) is 31.4. The molecule has 21 aromatic carbocycles. The molecule has 9 heterocycles. The quantitative estimate of drug-likeness (QED) is 0.131. The van der Waals surface area contributed by atoms with Crippen LogP contribution in [0.1, 0.15) is 44.5 Å². The SMILES string of the molecule is c1cc2ccc3ccc(-n4c5ccccc5c5c6ccncc6c6[se]c7ccccc7c6c54)c4ccc(c1)c2c34.c1ccc2c(c1)-c1ccccc1C21c2ccccc2-c2cc(-n3c4ccccc4c4c5ccncc5c5sc6ccccc6c5c43)ccc21.c1ccc2c(c1)-c1ccccc1C21c2ccccc2-c2ccc(-n3c4ccccc4c4c5ccncc5c5[se]c6ccccc6c5c43)cc21. The van der Waals surface area contributed by atoms with Crippen LogP contribution in [0.4, 0.5) is 0 Å². The Morgan fingerprint density at radius 1 is 0.217 bits per heavy atom. The van der Waals surface area contributed by atoms with Crippen LogP contribution >= 0.6 is 11.3 Å². The fraction of sp³-hybridized carbons (Fsp3) is 0.0155. The van der Waals surface area contributed by atoms with Gasteiger partial charge in [0.1, 0.15) is 0 Å². The molecule has 0 radical (unpaired) electrons. The fourth-order valence-corrected chi connectivity index (χ4v) is 32.6. The van der Waals surface area contributed by atoms with Crippen LogP contribution in [-0.2, 0) is 10.8 Å². The van der Waals surface area contributed by atoms with Crippen molar-refractivity contribution >= 4 is 229 Å². The van der Waals surface area contributed by atoms with E-state index >= 15 is 0 Å². The maximum absolute atomic E-state index is 4.64. The third kappa shape index (κ3) is 9.73. The van der Waals surface area contributed by atoms with Gasteiger partial charge in [0.2, 0.25) is 0 Å². The van der Waals surface area contributed by atoms with Crippen molar-refractivity contribution in [1.29, 1.82) is 0 Å². The summed E-state index contributed by atoms with van der Waals surface area (Å²) in [5.74, 6) is 0. The van der Waals surface area contributed by atoms with Crippen molar-refractivity contribution in [3.8, 4) is 61.6 Å². The first-order valence-corrected chi connectivity index (χ1v) is 51.6. The summed E-state index contributed by atoms with van der Waals surface area (Å²) in [6.45, 7) is 0. The van der Waals surface area contributed by atoms with E-state index in [1.54, 1.807) is 0 Å². The molecule has 6 nitrogen and oxygen atoms in total. The molecule has 0 unspecified atom stereocenters. The molecule has 4 aliphatic carbocycles. The summed E-state index contributed by atoms with van der Waals surface area (Å²) in [6, 6.07) is 150. The molecule has 9 heteroatoms. The van der Waals surface area contributed by atoms with Gasteiger partial charge in [0.15, 0.2) is 0 Å². The summed E-state index contributed by atoms with van der Waals surface area (Å²) in [4.78, 5) is 13.9. The maximum atomic E-state index is 4.64. The van der Waals surface area contributed by atoms with Gasteiger partial charge in [-0.05, 0) is 80.2 Å². The van der Waals surface area contributed by atoms with Crippen molar-refractivity contribution in [3.63, 3.8) is 0 Å². The van der Waals surface area contributed by atoms with Crippen LogP contribution in [0.5, 0.6) is 0 Å². The van der Waals surface area contributed by atoms with Crippen LogP contribution < -0.4 is 0 Å². The van der Waals surface area contributed by atoms with Crippen molar-refractivity contribution in [2.45, 2.75) is 10.8 Å². The van der Waals surface area contributed by atoms with Crippen molar-refractivity contribution in [2.75, 3.05) is 0 Å². The number of nitrogens with zero attached hydrogens (tertiary/aromatic N) is 6. The second kappa shape index (κ2) is 28.1. The first-order chi connectivity index (χ1) is 68.5. The number of benzene rings is 21. The predicted octanol–water partition coefficient (Wildman–Crippen LogP) is 32.7. The molecule has 636 valence electrons. The monoisotopic (exact) mass is 1900 g/mol. The number of thiophene rings is 1. The molecule has 0 amide bonds. The van der Waals surface area contributed by atoms with Crippen molar-refractivity contribution in [1.82, 2.24) is 28.7 Å². The minimum absolute atomic E-state index is 0.198. The standard InChI is InChI=1S/C46H26N2S.C46H26N2Se.C37H20N2Se/c1-6-16-36-28(11-1)29-12-2-7-17-37(29)46(36)38-18-8-3-13-30(38)34-25-27(21-22-39(34)46)48-40-19-9-4-14-32(40)42-31-23-24-47-26-35(31)45-43(44(42)48)33-15-5-10-20-41(33)49-45;1-6-16-36-28(11-1)29-12-2-7-17-37(29)46(36)38-18-8-3-13-30(38)31-22-21-27(25-39(31)46)48-40-19-9-4-14-33(40)42-32-23-24-47-26-35(32)45-43(44(42)48)34-15-5-10-20-41(34)49-45;1-3-10-29-25(8-1)34-24-18-19-38-20-28(24)37-35(27-9-2-4-11-31(27)40-37)36(34)39(29)30-17-15-23-13-12-21-6-5-7-22-14-16-26(30)33(23)32(21)22/h2*1-26H;1-20H. The number of fused-ring (bicyclic) bond motifs is 50. The van der Waals surface area contributed by atoms with Gasteiger partial charge in [-0.25, -0.2) is 0 Å². The summed E-state index contributed by atoms with van der Waals surface area (Å²) < 4.78 is 16.1. The molecule has 2 spiro atoms. The summed E-state index contributed by atoms with van der Waals surface area (Å²) in [7, 11) is 0. The minimum atomic E-state index is -0.385. The molecule has 0 N–H and O–H groups in total. The zero-order valence-corrected chi connectivity index (χ0v) is 78.2. The van der Waals surface area contributed by atoms with Crippen LogP contribution in [0.25, 0.3) is 250 Å².